The molecule has 0 heterocycles. The van der Waals surface area contributed by atoms with E-state index in [-0.39, 0.29) is 16.8 Å². The molecule has 7 nitrogen and oxygen atoms in total. The van der Waals surface area contributed by atoms with Gasteiger partial charge in [0.05, 0.1) is 17.1 Å². The zero-order valence-electron chi connectivity index (χ0n) is 13.5. The summed E-state index contributed by atoms with van der Waals surface area (Å²) >= 11 is 5.19. The number of carbonyl (C=O) groups excluding carboxylic acids is 1. The van der Waals surface area contributed by atoms with Gasteiger partial charge in [0, 0.05) is 23.5 Å². The fraction of sp³-hybridized carbons (Fsp3) is 0.176. The normalized spacial score (nSPS) is 9.96. The number of rotatable bonds is 6. The number of nitro groups is 1. The molecular formula is C17H17N3O4S. The Balaban J connectivity index is 1.95. The van der Waals surface area contributed by atoms with Gasteiger partial charge in [-0.25, -0.2) is 4.79 Å². The molecule has 0 atom stereocenters. The van der Waals surface area contributed by atoms with E-state index in [2.05, 4.69) is 10.6 Å². The molecule has 0 saturated heterocycles. The summed E-state index contributed by atoms with van der Waals surface area (Å²) in [4.78, 5) is 22.0. The van der Waals surface area contributed by atoms with E-state index < -0.39 is 4.92 Å². The van der Waals surface area contributed by atoms with Crippen LogP contribution in [0.1, 0.15) is 23.7 Å². The van der Waals surface area contributed by atoms with Gasteiger partial charge in [0.1, 0.15) is 0 Å². The van der Waals surface area contributed by atoms with Crippen molar-refractivity contribution in [3.8, 4) is 0 Å². The Morgan fingerprint density at radius 3 is 2.48 bits per heavy atom. The van der Waals surface area contributed by atoms with Gasteiger partial charge < -0.3 is 15.4 Å². The van der Waals surface area contributed by atoms with E-state index >= 15 is 0 Å². The number of nitrogens with zero attached hydrogens (tertiary/aromatic N) is 1. The van der Waals surface area contributed by atoms with E-state index in [0.29, 0.717) is 23.5 Å². The van der Waals surface area contributed by atoms with Gasteiger partial charge in [0.25, 0.3) is 5.69 Å². The highest BCUT2D eigenvalue weighted by atomic mass is 32.1. The summed E-state index contributed by atoms with van der Waals surface area (Å²) in [5.74, 6) is -0.370. The molecule has 0 fully saturated rings. The van der Waals surface area contributed by atoms with E-state index in [1.165, 1.54) is 12.1 Å². The van der Waals surface area contributed by atoms with Crippen molar-refractivity contribution in [3.05, 3.63) is 64.2 Å². The molecule has 8 heteroatoms. The molecule has 0 radical (unpaired) electrons. The van der Waals surface area contributed by atoms with Crippen LogP contribution in [0.25, 0.3) is 0 Å². The van der Waals surface area contributed by atoms with Gasteiger partial charge in [-0.3, -0.25) is 10.1 Å². The Hall–Kier alpha value is -3.00. The molecule has 0 unspecified atom stereocenters. The molecule has 0 aromatic heterocycles. The highest BCUT2D eigenvalue weighted by molar-refractivity contribution is 7.80. The predicted molar refractivity (Wildman–Crippen MR) is 100.0 cm³/mol. The van der Waals surface area contributed by atoms with Crippen molar-refractivity contribution in [3.63, 3.8) is 0 Å². The van der Waals surface area contributed by atoms with E-state index in [1.54, 1.807) is 36.4 Å². The number of nitro benzene ring substituents is 1. The number of thiocarbonyl (C=S) groups is 1. The molecule has 2 aromatic carbocycles. The van der Waals surface area contributed by atoms with Crippen molar-refractivity contribution in [2.24, 2.45) is 0 Å². The molecule has 2 N–H and O–H groups in total. The number of nitrogens with one attached hydrogen (secondary N) is 2. The Bertz CT molecular complexity index is 778. The molecule has 2 rings (SSSR count). The lowest BCUT2D eigenvalue weighted by Gasteiger charge is -2.11. The smallest absolute Gasteiger partial charge is 0.338 e. The number of carbonyl (C=O) groups is 1. The van der Waals surface area contributed by atoms with Crippen molar-refractivity contribution in [2.75, 3.05) is 17.2 Å². The SMILES string of the molecule is CCCOC(=O)c1ccc(NC(=S)Nc2cccc([N+](=O)[O-])c2)cc1. The summed E-state index contributed by atoms with van der Waals surface area (Å²) in [7, 11) is 0. The fourth-order valence-corrected chi connectivity index (χ4v) is 2.19. The zero-order valence-corrected chi connectivity index (χ0v) is 14.3. The lowest BCUT2D eigenvalue weighted by Crippen LogP contribution is -2.19. The van der Waals surface area contributed by atoms with Crippen LogP contribution in [0.3, 0.4) is 0 Å². The lowest BCUT2D eigenvalue weighted by molar-refractivity contribution is -0.384. The van der Waals surface area contributed by atoms with Gasteiger partial charge in [-0.05, 0) is 49.0 Å². The second kappa shape index (κ2) is 8.74. The van der Waals surface area contributed by atoms with Crippen molar-refractivity contribution < 1.29 is 14.5 Å². The summed E-state index contributed by atoms with van der Waals surface area (Å²) < 4.78 is 5.06. The van der Waals surface area contributed by atoms with Crippen LogP contribution in [-0.4, -0.2) is 22.6 Å². The van der Waals surface area contributed by atoms with Crippen LogP contribution in [0, 0.1) is 10.1 Å². The summed E-state index contributed by atoms with van der Waals surface area (Å²) in [6, 6.07) is 12.7. The fourth-order valence-electron chi connectivity index (χ4n) is 1.96. The summed E-state index contributed by atoms with van der Waals surface area (Å²) in [5.41, 5.74) is 1.61. The number of hydrogen-bond donors (Lipinski definition) is 2. The van der Waals surface area contributed by atoms with Crippen LogP contribution in [-0.2, 0) is 4.74 Å². The first-order valence-electron chi connectivity index (χ1n) is 7.59. The number of benzene rings is 2. The number of ether oxygens (including phenoxy) is 1. The maximum atomic E-state index is 11.7. The first-order chi connectivity index (χ1) is 12.0. The van der Waals surface area contributed by atoms with Gasteiger partial charge in [0.15, 0.2) is 5.11 Å². The van der Waals surface area contributed by atoms with E-state index in [4.69, 9.17) is 17.0 Å². The van der Waals surface area contributed by atoms with Crippen molar-refractivity contribution >= 4 is 40.4 Å². The maximum Gasteiger partial charge on any atom is 0.338 e. The Morgan fingerprint density at radius 2 is 1.84 bits per heavy atom. The number of hydrogen-bond acceptors (Lipinski definition) is 5. The largest absolute Gasteiger partial charge is 0.462 e. The monoisotopic (exact) mass is 359 g/mol. The third-order valence-electron chi connectivity index (χ3n) is 3.13. The van der Waals surface area contributed by atoms with Crippen molar-refractivity contribution in [2.45, 2.75) is 13.3 Å². The quantitative estimate of drug-likeness (QED) is 0.349. The van der Waals surface area contributed by atoms with Crippen LogP contribution >= 0.6 is 12.2 Å². The molecule has 0 aliphatic rings. The van der Waals surface area contributed by atoms with Crippen LogP contribution in [0.15, 0.2) is 48.5 Å². The van der Waals surface area contributed by atoms with Gasteiger partial charge in [-0.2, -0.15) is 0 Å². The predicted octanol–water partition coefficient (Wildman–Crippen LogP) is 3.97. The third-order valence-corrected chi connectivity index (χ3v) is 3.33. The second-order valence-electron chi connectivity index (χ2n) is 5.10. The lowest BCUT2D eigenvalue weighted by atomic mass is 10.2. The van der Waals surface area contributed by atoms with Crippen molar-refractivity contribution in [1.29, 1.82) is 0 Å². The average Bonchev–Trinajstić information content (AvgIpc) is 2.60. The molecule has 0 saturated carbocycles. The summed E-state index contributed by atoms with van der Waals surface area (Å²) in [6.45, 7) is 2.31. The average molecular weight is 359 g/mol. The van der Waals surface area contributed by atoms with E-state index in [0.717, 1.165) is 6.42 Å². The number of esters is 1. The molecule has 0 amide bonds. The Morgan fingerprint density at radius 1 is 1.16 bits per heavy atom. The highest BCUT2D eigenvalue weighted by Gasteiger charge is 2.08. The standard InChI is InChI=1S/C17H17N3O4S/c1-2-10-24-16(21)12-6-8-13(9-7-12)18-17(25)19-14-4-3-5-15(11-14)20(22)23/h3-9,11H,2,10H2,1H3,(H2,18,19,25). The minimum absolute atomic E-state index is 0.0252. The molecule has 0 aliphatic heterocycles. The zero-order chi connectivity index (χ0) is 18.2. The molecule has 0 spiro atoms. The Labute approximate surface area is 150 Å². The van der Waals surface area contributed by atoms with Crippen molar-refractivity contribution in [1.82, 2.24) is 0 Å². The molecule has 130 valence electrons. The van der Waals surface area contributed by atoms with Gasteiger partial charge >= 0.3 is 5.97 Å². The van der Waals surface area contributed by atoms with Crippen LogP contribution in [0.5, 0.6) is 0 Å². The maximum absolute atomic E-state index is 11.7. The second-order valence-corrected chi connectivity index (χ2v) is 5.51. The minimum Gasteiger partial charge on any atom is -0.462 e. The number of non-ortho nitro benzene ring substituents is 1. The van der Waals surface area contributed by atoms with Crippen LogP contribution < -0.4 is 10.6 Å². The molecule has 25 heavy (non-hydrogen) atoms. The molecule has 0 aliphatic carbocycles. The van der Waals surface area contributed by atoms with Crippen LogP contribution in [0.4, 0.5) is 17.1 Å². The van der Waals surface area contributed by atoms with Gasteiger partial charge in [-0.15, -0.1) is 0 Å². The molecular weight excluding hydrogens is 342 g/mol. The minimum atomic E-state index is -0.474. The topological polar surface area (TPSA) is 93.5 Å². The first kappa shape index (κ1) is 18.3. The van der Waals surface area contributed by atoms with Gasteiger partial charge in [-0.1, -0.05) is 13.0 Å². The molecule has 0 bridgehead atoms. The summed E-state index contributed by atoms with van der Waals surface area (Å²) in [5, 5.41) is 16.9. The Kier molecular flexibility index (Phi) is 6.41. The molecule has 2 aromatic rings. The highest BCUT2D eigenvalue weighted by Crippen LogP contribution is 2.17. The van der Waals surface area contributed by atoms with E-state index in [1.807, 2.05) is 6.92 Å². The summed E-state index contributed by atoms with van der Waals surface area (Å²) in [6.07, 6.45) is 0.767. The van der Waals surface area contributed by atoms with Gasteiger partial charge in [0.2, 0.25) is 0 Å². The first-order valence-corrected chi connectivity index (χ1v) is 8.00. The third kappa shape index (κ3) is 5.54. The number of anilines is 2. The van der Waals surface area contributed by atoms with E-state index in [9.17, 15) is 14.9 Å². The van der Waals surface area contributed by atoms with Crippen LogP contribution in [0.2, 0.25) is 0 Å².